The SMILES string of the molecule is CCCC/C(O)=C1\C(=O)CC(C)(C)CC1=Nc1ccccc1OC. The van der Waals surface area contributed by atoms with Crippen molar-refractivity contribution in [2.75, 3.05) is 7.11 Å². The highest BCUT2D eigenvalue weighted by atomic mass is 16.5. The van der Waals surface area contributed by atoms with Gasteiger partial charge in [-0.3, -0.25) is 4.79 Å². The van der Waals surface area contributed by atoms with E-state index in [1.54, 1.807) is 7.11 Å². The Labute approximate surface area is 144 Å². The maximum absolute atomic E-state index is 12.6. The summed E-state index contributed by atoms with van der Waals surface area (Å²) in [6.07, 6.45) is 3.43. The van der Waals surface area contributed by atoms with Crippen molar-refractivity contribution in [3.63, 3.8) is 0 Å². The Morgan fingerprint density at radius 2 is 2.00 bits per heavy atom. The molecule has 0 atom stereocenters. The van der Waals surface area contributed by atoms with Crippen LogP contribution in [0.1, 0.15) is 52.9 Å². The van der Waals surface area contributed by atoms with Gasteiger partial charge < -0.3 is 9.84 Å². The maximum atomic E-state index is 12.6. The molecule has 0 bridgehead atoms. The van der Waals surface area contributed by atoms with E-state index in [-0.39, 0.29) is 17.0 Å². The van der Waals surface area contributed by atoms with Crippen LogP contribution in [-0.2, 0) is 4.79 Å². The molecule has 0 aliphatic heterocycles. The summed E-state index contributed by atoms with van der Waals surface area (Å²) < 4.78 is 5.36. The van der Waals surface area contributed by atoms with Crippen LogP contribution in [0.4, 0.5) is 5.69 Å². The van der Waals surface area contributed by atoms with E-state index in [0.29, 0.717) is 42.0 Å². The Balaban J connectivity index is 2.51. The third-order valence-electron chi connectivity index (χ3n) is 4.25. The molecule has 1 saturated carbocycles. The molecule has 0 amide bonds. The van der Waals surface area contributed by atoms with Crippen LogP contribution in [0.2, 0.25) is 0 Å². The standard InChI is InChI=1S/C20H27NO3/c1-5-6-10-16(22)19-15(12-20(2,3)13-17(19)23)21-14-9-7-8-11-18(14)24-4/h7-9,11,22H,5-6,10,12-13H2,1-4H3/b19-16+,21-15?. The van der Waals surface area contributed by atoms with Crippen molar-refractivity contribution in [2.24, 2.45) is 10.4 Å². The Hall–Kier alpha value is -2.10. The van der Waals surface area contributed by atoms with Gasteiger partial charge in [0.1, 0.15) is 17.2 Å². The number of methoxy groups -OCH3 is 1. The summed E-state index contributed by atoms with van der Waals surface area (Å²) in [6.45, 7) is 6.18. The van der Waals surface area contributed by atoms with Crippen molar-refractivity contribution in [1.29, 1.82) is 0 Å². The van der Waals surface area contributed by atoms with Crippen molar-refractivity contribution in [2.45, 2.75) is 52.9 Å². The van der Waals surface area contributed by atoms with E-state index < -0.39 is 0 Å². The zero-order chi connectivity index (χ0) is 17.7. The number of aliphatic hydroxyl groups excluding tert-OH is 1. The van der Waals surface area contributed by atoms with E-state index in [1.807, 2.05) is 24.3 Å². The minimum atomic E-state index is -0.160. The van der Waals surface area contributed by atoms with Crippen LogP contribution < -0.4 is 4.74 Å². The second kappa shape index (κ2) is 7.65. The minimum Gasteiger partial charge on any atom is -0.511 e. The quantitative estimate of drug-likeness (QED) is 0.599. The first-order chi connectivity index (χ1) is 11.4. The van der Waals surface area contributed by atoms with Crippen molar-refractivity contribution in [1.82, 2.24) is 0 Å². The number of ketones is 1. The number of aliphatic imine (C=N–C) groups is 1. The summed E-state index contributed by atoms with van der Waals surface area (Å²) in [5, 5.41) is 10.5. The zero-order valence-electron chi connectivity index (χ0n) is 15.1. The van der Waals surface area contributed by atoms with Crippen LogP contribution in [0, 0.1) is 5.41 Å². The number of hydrogen-bond donors (Lipinski definition) is 1. The summed E-state index contributed by atoms with van der Waals surface area (Å²) in [4.78, 5) is 17.3. The van der Waals surface area contributed by atoms with E-state index in [0.717, 1.165) is 12.8 Å². The molecule has 0 radical (unpaired) electrons. The Bertz CT molecular complexity index is 671. The molecule has 1 aromatic carbocycles. The highest BCUT2D eigenvalue weighted by molar-refractivity contribution is 6.25. The molecule has 1 N–H and O–H groups in total. The van der Waals surface area contributed by atoms with Gasteiger partial charge in [-0.1, -0.05) is 39.3 Å². The highest BCUT2D eigenvalue weighted by Gasteiger charge is 2.36. The third-order valence-corrected chi connectivity index (χ3v) is 4.25. The van der Waals surface area contributed by atoms with Gasteiger partial charge in [0.15, 0.2) is 5.78 Å². The van der Waals surface area contributed by atoms with Gasteiger partial charge in [0.2, 0.25) is 0 Å². The molecule has 2 rings (SSSR count). The smallest absolute Gasteiger partial charge is 0.168 e. The number of benzene rings is 1. The predicted molar refractivity (Wildman–Crippen MR) is 97.3 cm³/mol. The molecule has 4 nitrogen and oxygen atoms in total. The number of carbonyl (C=O) groups excluding carboxylic acids is 1. The summed E-state index contributed by atoms with van der Waals surface area (Å²) >= 11 is 0. The molecule has 24 heavy (non-hydrogen) atoms. The summed E-state index contributed by atoms with van der Waals surface area (Å²) in [5.41, 5.74) is 1.59. The number of nitrogens with zero attached hydrogens (tertiary/aromatic N) is 1. The lowest BCUT2D eigenvalue weighted by molar-refractivity contribution is -0.117. The van der Waals surface area contributed by atoms with Gasteiger partial charge in [0.05, 0.1) is 18.4 Å². The molecule has 0 spiro atoms. The number of ether oxygens (including phenoxy) is 1. The summed E-state index contributed by atoms with van der Waals surface area (Å²) in [7, 11) is 1.60. The molecule has 1 aliphatic rings. The lowest BCUT2D eigenvalue weighted by Crippen LogP contribution is -2.32. The first-order valence-corrected chi connectivity index (χ1v) is 8.54. The lowest BCUT2D eigenvalue weighted by Gasteiger charge is -2.31. The van der Waals surface area contributed by atoms with Gasteiger partial charge >= 0.3 is 0 Å². The van der Waals surface area contributed by atoms with Crippen LogP contribution in [0.3, 0.4) is 0 Å². The molecule has 1 aromatic rings. The van der Waals surface area contributed by atoms with Gasteiger partial charge in [-0.05, 0) is 30.4 Å². The molecule has 0 heterocycles. The fourth-order valence-electron chi connectivity index (χ4n) is 3.05. The van der Waals surface area contributed by atoms with Crippen molar-refractivity contribution in [3.8, 4) is 5.75 Å². The predicted octanol–water partition coefficient (Wildman–Crippen LogP) is 5.16. The molecule has 1 aliphatic carbocycles. The van der Waals surface area contributed by atoms with E-state index in [2.05, 4.69) is 20.8 Å². The van der Waals surface area contributed by atoms with Crippen LogP contribution in [0.5, 0.6) is 5.75 Å². The van der Waals surface area contributed by atoms with Gasteiger partial charge in [-0.15, -0.1) is 0 Å². The van der Waals surface area contributed by atoms with Gasteiger partial charge in [0, 0.05) is 12.8 Å². The average Bonchev–Trinajstić information content (AvgIpc) is 2.51. The zero-order valence-corrected chi connectivity index (χ0v) is 15.1. The lowest BCUT2D eigenvalue weighted by atomic mass is 9.73. The highest BCUT2D eigenvalue weighted by Crippen LogP contribution is 2.38. The molecule has 4 heteroatoms. The van der Waals surface area contributed by atoms with Gasteiger partial charge in [-0.2, -0.15) is 0 Å². The molecule has 130 valence electrons. The molecular formula is C20H27NO3. The van der Waals surface area contributed by atoms with Crippen LogP contribution in [-0.4, -0.2) is 23.7 Å². The molecule has 0 saturated heterocycles. The monoisotopic (exact) mass is 329 g/mol. The van der Waals surface area contributed by atoms with Crippen LogP contribution in [0.25, 0.3) is 0 Å². The van der Waals surface area contributed by atoms with E-state index in [4.69, 9.17) is 9.73 Å². The van der Waals surface area contributed by atoms with Crippen molar-refractivity contribution < 1.29 is 14.6 Å². The van der Waals surface area contributed by atoms with E-state index in [9.17, 15) is 9.90 Å². The van der Waals surface area contributed by atoms with Crippen LogP contribution in [0.15, 0.2) is 40.6 Å². The maximum Gasteiger partial charge on any atom is 0.168 e. The fraction of sp³-hybridized carbons (Fsp3) is 0.500. The van der Waals surface area contributed by atoms with Gasteiger partial charge in [0.25, 0.3) is 0 Å². The number of allylic oxidation sites excluding steroid dienone is 2. The second-order valence-corrected chi connectivity index (χ2v) is 7.10. The normalized spacial score (nSPS) is 21.0. The minimum absolute atomic E-state index is 0.0199. The first-order valence-electron chi connectivity index (χ1n) is 8.54. The number of hydrogen-bond acceptors (Lipinski definition) is 4. The number of aliphatic hydroxyl groups is 1. The van der Waals surface area contributed by atoms with Crippen molar-refractivity contribution >= 4 is 17.2 Å². The average molecular weight is 329 g/mol. The Morgan fingerprint density at radius 3 is 2.67 bits per heavy atom. The number of para-hydroxylation sites is 2. The Morgan fingerprint density at radius 1 is 1.29 bits per heavy atom. The molecular weight excluding hydrogens is 302 g/mol. The third kappa shape index (κ3) is 4.25. The van der Waals surface area contributed by atoms with Crippen molar-refractivity contribution in [3.05, 3.63) is 35.6 Å². The summed E-state index contributed by atoms with van der Waals surface area (Å²) in [6, 6.07) is 7.47. The topological polar surface area (TPSA) is 58.9 Å². The second-order valence-electron chi connectivity index (χ2n) is 7.10. The number of carbonyl (C=O) groups is 1. The molecule has 1 fully saturated rings. The van der Waals surface area contributed by atoms with E-state index in [1.165, 1.54) is 0 Å². The largest absolute Gasteiger partial charge is 0.511 e. The molecule has 0 aromatic heterocycles. The summed E-state index contributed by atoms with van der Waals surface area (Å²) in [5.74, 6) is 0.813. The fourth-order valence-corrected chi connectivity index (χ4v) is 3.05. The van der Waals surface area contributed by atoms with Crippen LogP contribution >= 0.6 is 0 Å². The van der Waals surface area contributed by atoms with Gasteiger partial charge in [-0.25, -0.2) is 4.99 Å². The number of unbranched alkanes of at least 4 members (excludes halogenated alkanes) is 1. The first kappa shape index (κ1) is 18.2. The van der Waals surface area contributed by atoms with E-state index >= 15 is 0 Å². The Kier molecular flexibility index (Phi) is 5.81. The number of Topliss-reactive ketones (excluding diaryl/α,β-unsaturated/α-hetero) is 1. The number of rotatable bonds is 5. The molecule has 0 unspecified atom stereocenters.